The minimum absolute atomic E-state index is 0. The molecule has 0 spiro atoms. The maximum absolute atomic E-state index is 11.8. The van der Waals surface area contributed by atoms with Gasteiger partial charge in [-0.25, -0.2) is 0 Å². The van der Waals surface area contributed by atoms with Gasteiger partial charge in [0.2, 0.25) is 0 Å². The Bertz CT molecular complexity index is 869. The maximum Gasteiger partial charge on any atom is 4.00 e. The van der Waals surface area contributed by atoms with Crippen molar-refractivity contribution in [3.63, 3.8) is 0 Å². The van der Waals surface area contributed by atoms with Crippen LogP contribution in [0.15, 0.2) is 60.7 Å². The quantitative estimate of drug-likeness (QED) is 0.398. The van der Waals surface area contributed by atoms with Crippen LogP contribution in [-0.2, 0) is 0 Å². The van der Waals surface area contributed by atoms with Crippen molar-refractivity contribution >= 4 is 5.78 Å². The summed E-state index contributed by atoms with van der Waals surface area (Å²) in [4.78, 5) is 11.8. The molecule has 0 amide bonds. The first-order valence-electron chi connectivity index (χ1n) is 18.2. The van der Waals surface area contributed by atoms with Gasteiger partial charge >= 0.3 is 83.5 Å². The van der Waals surface area contributed by atoms with Gasteiger partial charge in [0.15, 0.2) is 5.78 Å². The second kappa shape index (κ2) is 36.2. The zero-order valence-electron chi connectivity index (χ0n) is 39.9. The van der Waals surface area contributed by atoms with Gasteiger partial charge in [-0.15, -0.1) is 44.8 Å². The summed E-state index contributed by atoms with van der Waals surface area (Å²) in [6.45, 7) is 39.2. The third-order valence-corrected chi connectivity index (χ3v) is 2.07. The van der Waals surface area contributed by atoms with Crippen LogP contribution in [0.3, 0.4) is 0 Å². The average Bonchev–Trinajstić information content (AvgIpc) is 2.76. The molecule has 0 saturated heterocycles. The molecule has 0 N–H and O–H groups in total. The van der Waals surface area contributed by atoms with Gasteiger partial charge in [-0.1, -0.05) is 227 Å². The van der Waals surface area contributed by atoms with Gasteiger partial charge in [-0.3, -0.25) is 4.79 Å². The van der Waals surface area contributed by atoms with Gasteiger partial charge in [-0.05, 0) is 0 Å². The summed E-state index contributed by atoms with van der Waals surface area (Å²) < 4.78 is 0. The molecule has 11 heteroatoms. The smallest absolute Gasteiger partial charge is 0.850 e. The summed E-state index contributed by atoms with van der Waals surface area (Å²) in [5.41, 5.74) is -4.53. The summed E-state index contributed by atoms with van der Waals surface area (Å²) in [6, 6.07) is 18.6. The predicted octanol–water partition coefficient (Wildman–Crippen LogP) is 4.08. The van der Waals surface area contributed by atoms with E-state index in [9.17, 15) is 45.6 Å². The molecule has 0 saturated carbocycles. The van der Waals surface area contributed by atoms with Crippen LogP contribution in [-0.4, -0.2) is 50.6 Å². The van der Waals surface area contributed by atoms with E-state index in [1.54, 1.807) is 166 Å². The molecule has 9 nitrogen and oxygen atoms in total. The summed E-state index contributed by atoms with van der Waals surface area (Å²) >= 11 is 0. The van der Waals surface area contributed by atoms with Crippen LogP contribution < -0.4 is 40.9 Å². The number of carbonyl (C=O) groups excluding carboxylic acids is 1. The molecule has 0 aliphatic heterocycles. The number of ketones is 1. The zero-order chi connectivity index (χ0) is 45.8. The van der Waals surface area contributed by atoms with Gasteiger partial charge in [0.1, 0.15) is 0 Å². The fourth-order valence-electron chi connectivity index (χ4n) is 1.35. The first kappa shape index (κ1) is 77.2. The van der Waals surface area contributed by atoms with Crippen LogP contribution in [0.25, 0.3) is 0 Å². The van der Waals surface area contributed by atoms with Crippen molar-refractivity contribution in [3.8, 4) is 0 Å². The third-order valence-electron chi connectivity index (χ3n) is 2.07. The van der Waals surface area contributed by atoms with Crippen LogP contribution >= 0.6 is 0 Å². The van der Waals surface area contributed by atoms with E-state index in [1.807, 2.05) is 60.7 Å². The van der Waals surface area contributed by atoms with E-state index in [0.29, 0.717) is 0 Å². The molecule has 56 heavy (non-hydrogen) atoms. The van der Waals surface area contributed by atoms with Crippen LogP contribution in [0.5, 0.6) is 0 Å². The fraction of sp³-hybridized carbons (Fsp3) is 0.711. The Morgan fingerprint density at radius 1 is 0.286 bits per heavy atom. The van der Waals surface area contributed by atoms with Crippen molar-refractivity contribution < 1.29 is 129 Å². The van der Waals surface area contributed by atoms with E-state index in [0.717, 1.165) is 11.1 Å². The number of hydrogen-bond acceptors (Lipinski definition) is 9. The Hall–Kier alpha value is 0.543. The van der Waals surface area contributed by atoms with Crippen LogP contribution in [0.2, 0.25) is 0 Å². The summed E-state index contributed by atoms with van der Waals surface area (Å²) in [5, 5.41) is 80.8. The number of carbonyl (C=O) groups is 1. The molecule has 0 aliphatic rings. The predicted molar refractivity (Wildman–Crippen MR) is 214 cm³/mol. The largest absolute Gasteiger partial charge is 4.00 e. The van der Waals surface area contributed by atoms with Crippen LogP contribution in [0, 0.1) is 83.5 Å². The van der Waals surface area contributed by atoms with E-state index >= 15 is 0 Å². The van der Waals surface area contributed by atoms with Gasteiger partial charge in [-0.2, -0.15) is 0 Å². The molecule has 0 heterocycles. The number of rotatable bonds is 2. The Morgan fingerprint density at radius 3 is 0.464 bits per heavy atom. The molecule has 0 bridgehead atoms. The van der Waals surface area contributed by atoms with Crippen molar-refractivity contribution in [1.29, 1.82) is 0 Å². The van der Waals surface area contributed by atoms with Gasteiger partial charge < -0.3 is 40.9 Å². The Labute approximate surface area is 413 Å². The first-order chi connectivity index (χ1) is 22.9. The van der Waals surface area contributed by atoms with E-state index in [-0.39, 0.29) is 89.3 Å². The van der Waals surface area contributed by atoms with Gasteiger partial charge in [0, 0.05) is 11.1 Å². The standard InChI is InChI=1S/C13H10O.8C4H9O.2Ce/c14-13(11-7-3-1-4-8-11)12-9-5-2-6-10-12;8*1-4(2,3)5;;/h1-10H;8*1-3H3;;/q;8*-1;2*+4. The summed E-state index contributed by atoms with van der Waals surface area (Å²) in [7, 11) is 0. The molecular formula is C45H82Ce2O9. The molecule has 2 aromatic rings. The van der Waals surface area contributed by atoms with Crippen molar-refractivity contribution in [3.05, 3.63) is 71.8 Å². The van der Waals surface area contributed by atoms with E-state index in [1.165, 1.54) is 0 Å². The fourth-order valence-corrected chi connectivity index (χ4v) is 1.35. The molecule has 324 valence electrons. The molecule has 2 aromatic carbocycles. The maximum atomic E-state index is 11.8. The Kier molecular flexibility index (Phi) is 49.9. The van der Waals surface area contributed by atoms with E-state index in [4.69, 9.17) is 0 Å². The molecule has 0 radical (unpaired) electrons. The van der Waals surface area contributed by atoms with Crippen molar-refractivity contribution in [2.45, 2.75) is 211 Å². The zero-order valence-corrected chi connectivity index (χ0v) is 46.2. The molecule has 0 aromatic heterocycles. The van der Waals surface area contributed by atoms with E-state index in [2.05, 4.69) is 0 Å². The topological polar surface area (TPSA) is 202 Å². The summed E-state index contributed by atoms with van der Waals surface area (Å²) in [6.07, 6.45) is 0. The SMILES string of the molecule is CC(C)(C)[O-].CC(C)(C)[O-].CC(C)(C)[O-].CC(C)(C)[O-].CC(C)(C)[O-].CC(C)(C)[O-].CC(C)(C)[O-].CC(C)(C)[O-].O=C(c1ccccc1)c1ccccc1.[Ce+4].[Ce+4]. The second-order valence-corrected chi connectivity index (χ2v) is 20.0. The van der Waals surface area contributed by atoms with Gasteiger partial charge in [0.25, 0.3) is 0 Å². The van der Waals surface area contributed by atoms with Gasteiger partial charge in [0.05, 0.1) is 0 Å². The molecule has 0 atom stereocenters. The minimum Gasteiger partial charge on any atom is -0.850 e. The molecule has 0 aliphatic carbocycles. The second-order valence-electron chi connectivity index (χ2n) is 20.0. The monoisotopic (exact) mass is 1050 g/mol. The van der Waals surface area contributed by atoms with Crippen molar-refractivity contribution in [2.24, 2.45) is 0 Å². The third kappa shape index (κ3) is 260. The van der Waals surface area contributed by atoms with E-state index < -0.39 is 44.8 Å². The number of benzene rings is 2. The normalized spacial score (nSPS) is 11.0. The molecular weight excluding hydrogens is 965 g/mol. The molecule has 0 unspecified atom stereocenters. The Balaban J connectivity index is -0.0000000661. The molecule has 2 rings (SSSR count). The Morgan fingerprint density at radius 2 is 0.375 bits per heavy atom. The summed E-state index contributed by atoms with van der Waals surface area (Å²) in [5.74, 6) is 0.0752. The average molecular weight is 1050 g/mol. The number of hydrogen-bond donors (Lipinski definition) is 0. The van der Waals surface area contributed by atoms with Crippen molar-refractivity contribution in [1.82, 2.24) is 0 Å². The molecule has 0 fully saturated rings. The first-order valence-corrected chi connectivity index (χ1v) is 18.2. The van der Waals surface area contributed by atoms with Crippen molar-refractivity contribution in [2.75, 3.05) is 0 Å². The van der Waals surface area contributed by atoms with Crippen LogP contribution in [0.1, 0.15) is 182 Å². The minimum atomic E-state index is -0.750. The van der Waals surface area contributed by atoms with Crippen LogP contribution in [0.4, 0.5) is 0 Å².